The Balaban J connectivity index is 1.59. The van der Waals surface area contributed by atoms with E-state index in [-0.39, 0.29) is 35.6 Å². The summed E-state index contributed by atoms with van der Waals surface area (Å²) in [6.07, 6.45) is 9.61. The van der Waals surface area contributed by atoms with E-state index in [2.05, 4.69) is 21.4 Å². The number of H-pyrrole nitrogens is 1. The van der Waals surface area contributed by atoms with E-state index in [9.17, 15) is 19.6 Å². The molecule has 27 heavy (non-hydrogen) atoms. The van der Waals surface area contributed by atoms with Crippen LogP contribution in [0.3, 0.4) is 0 Å². The molecule has 2 N–H and O–H groups in total. The third-order valence-corrected chi connectivity index (χ3v) is 5.55. The van der Waals surface area contributed by atoms with Gasteiger partial charge in [-0.15, -0.1) is 0 Å². The molecule has 2 aliphatic carbocycles. The van der Waals surface area contributed by atoms with E-state index in [1.54, 1.807) is 6.20 Å². The molecule has 0 aromatic carbocycles. The lowest BCUT2D eigenvalue weighted by molar-refractivity contribution is -0.127. The summed E-state index contributed by atoms with van der Waals surface area (Å²) in [7, 11) is 0. The van der Waals surface area contributed by atoms with E-state index in [1.807, 2.05) is 0 Å². The first-order valence-corrected chi connectivity index (χ1v) is 9.82. The Labute approximate surface area is 158 Å². The number of nitrogens with one attached hydrogen (secondary N) is 2. The average molecular weight is 370 g/mol. The second-order valence-corrected chi connectivity index (χ2v) is 7.78. The molecule has 144 valence electrons. The summed E-state index contributed by atoms with van der Waals surface area (Å²) in [5.74, 6) is -0.145. The van der Waals surface area contributed by atoms with Gasteiger partial charge < -0.3 is 10.3 Å². The number of imidazole rings is 1. The molecule has 7 nitrogen and oxygen atoms in total. The van der Waals surface area contributed by atoms with Crippen molar-refractivity contribution in [1.82, 2.24) is 15.3 Å². The van der Waals surface area contributed by atoms with Gasteiger partial charge in [0.2, 0.25) is 5.91 Å². The molecule has 0 saturated heterocycles. The lowest BCUT2D eigenvalue weighted by atomic mass is 9.83. The highest BCUT2D eigenvalue weighted by Gasteiger charge is 2.33. The standard InChI is InChI=1S/C20H26N4O3/c21-12-16(10-14-3-1-2-4-17(14)25)24-20(27)15(9-13-5-6-13)11-18(26)19-22-7-8-23-19/h7-8,13-16H,1-6,9-11H2,(H,22,23)(H,24,27). The fourth-order valence-corrected chi connectivity index (χ4v) is 3.80. The SMILES string of the molecule is N#CC(CC1CCCCC1=O)NC(=O)C(CC(=O)c1ncc[nH]1)CC1CC1. The summed E-state index contributed by atoms with van der Waals surface area (Å²) in [4.78, 5) is 43.9. The maximum Gasteiger partial charge on any atom is 0.224 e. The maximum atomic E-state index is 12.8. The molecular formula is C20H26N4O3. The van der Waals surface area contributed by atoms with Crippen molar-refractivity contribution < 1.29 is 14.4 Å². The number of carbonyl (C=O) groups excluding carboxylic acids is 3. The van der Waals surface area contributed by atoms with Crippen molar-refractivity contribution in [2.75, 3.05) is 0 Å². The van der Waals surface area contributed by atoms with E-state index in [4.69, 9.17) is 0 Å². The first-order chi connectivity index (χ1) is 13.1. The summed E-state index contributed by atoms with van der Waals surface area (Å²) in [5, 5.41) is 12.2. The van der Waals surface area contributed by atoms with Crippen molar-refractivity contribution in [3.05, 3.63) is 18.2 Å². The number of amides is 1. The van der Waals surface area contributed by atoms with E-state index >= 15 is 0 Å². The molecule has 0 aliphatic heterocycles. The minimum absolute atomic E-state index is 0.0797. The van der Waals surface area contributed by atoms with Crippen LogP contribution in [0, 0.1) is 29.1 Å². The predicted molar refractivity (Wildman–Crippen MR) is 97.5 cm³/mol. The number of aromatic nitrogens is 2. The van der Waals surface area contributed by atoms with Gasteiger partial charge in [-0.3, -0.25) is 14.4 Å². The highest BCUT2D eigenvalue weighted by molar-refractivity contribution is 5.95. The zero-order chi connectivity index (χ0) is 19.2. The van der Waals surface area contributed by atoms with Crippen LogP contribution < -0.4 is 5.32 Å². The van der Waals surface area contributed by atoms with Crippen molar-refractivity contribution in [1.29, 1.82) is 5.26 Å². The number of nitrogens with zero attached hydrogens (tertiary/aromatic N) is 2. The molecule has 3 rings (SSSR count). The van der Waals surface area contributed by atoms with Crippen molar-refractivity contribution in [2.45, 2.75) is 63.8 Å². The van der Waals surface area contributed by atoms with Gasteiger partial charge in [0.15, 0.2) is 11.6 Å². The quantitative estimate of drug-likeness (QED) is 0.648. The Bertz CT molecular complexity index is 718. The van der Waals surface area contributed by atoms with E-state index in [0.29, 0.717) is 25.2 Å². The molecule has 2 fully saturated rings. The summed E-state index contributed by atoms with van der Waals surface area (Å²) >= 11 is 0. The minimum atomic E-state index is -0.690. The fraction of sp³-hybridized carbons (Fsp3) is 0.650. The molecule has 3 unspecified atom stereocenters. The molecule has 2 saturated carbocycles. The first-order valence-electron chi connectivity index (χ1n) is 9.82. The number of carbonyl (C=O) groups is 3. The lowest BCUT2D eigenvalue weighted by Gasteiger charge is -2.24. The highest BCUT2D eigenvalue weighted by Crippen LogP contribution is 2.36. The van der Waals surface area contributed by atoms with Crippen LogP contribution >= 0.6 is 0 Å². The van der Waals surface area contributed by atoms with Crippen LogP contribution in [0.15, 0.2) is 12.4 Å². The minimum Gasteiger partial charge on any atom is -0.342 e. The maximum absolute atomic E-state index is 12.8. The molecule has 1 aromatic heterocycles. The number of rotatable bonds is 9. The van der Waals surface area contributed by atoms with E-state index in [0.717, 1.165) is 32.1 Å². The van der Waals surface area contributed by atoms with Crippen molar-refractivity contribution in [2.24, 2.45) is 17.8 Å². The van der Waals surface area contributed by atoms with Gasteiger partial charge in [-0.25, -0.2) is 4.98 Å². The van der Waals surface area contributed by atoms with Crippen LogP contribution in [-0.4, -0.2) is 33.5 Å². The van der Waals surface area contributed by atoms with Crippen LogP contribution in [0.4, 0.5) is 0 Å². The van der Waals surface area contributed by atoms with Crippen LogP contribution in [0.1, 0.15) is 68.4 Å². The van der Waals surface area contributed by atoms with Crippen LogP contribution in [0.5, 0.6) is 0 Å². The molecule has 0 radical (unpaired) electrons. The molecule has 0 bridgehead atoms. The molecule has 1 aromatic rings. The fourth-order valence-electron chi connectivity index (χ4n) is 3.80. The Kier molecular flexibility index (Phi) is 6.38. The van der Waals surface area contributed by atoms with Gasteiger partial charge in [0, 0.05) is 37.1 Å². The van der Waals surface area contributed by atoms with Crippen LogP contribution in [0.2, 0.25) is 0 Å². The topological polar surface area (TPSA) is 116 Å². The van der Waals surface area contributed by atoms with E-state index in [1.165, 1.54) is 6.20 Å². The first kappa shape index (κ1) is 19.3. The smallest absolute Gasteiger partial charge is 0.224 e. The van der Waals surface area contributed by atoms with Gasteiger partial charge in [-0.05, 0) is 31.6 Å². The van der Waals surface area contributed by atoms with Crippen molar-refractivity contribution >= 4 is 17.5 Å². The monoisotopic (exact) mass is 370 g/mol. The Hall–Kier alpha value is -2.49. The second kappa shape index (κ2) is 8.94. The highest BCUT2D eigenvalue weighted by atomic mass is 16.2. The van der Waals surface area contributed by atoms with Gasteiger partial charge in [-0.1, -0.05) is 19.3 Å². The zero-order valence-corrected chi connectivity index (χ0v) is 15.4. The van der Waals surface area contributed by atoms with Crippen LogP contribution in [0.25, 0.3) is 0 Å². The summed E-state index contributed by atoms with van der Waals surface area (Å²) in [6, 6.07) is 1.43. The van der Waals surface area contributed by atoms with Crippen LogP contribution in [-0.2, 0) is 9.59 Å². The number of Topliss-reactive ketones (excluding diaryl/α,β-unsaturated/α-hetero) is 2. The predicted octanol–water partition coefficient (Wildman–Crippen LogP) is 2.56. The Morgan fingerprint density at radius 1 is 1.30 bits per heavy atom. The number of ketones is 2. The van der Waals surface area contributed by atoms with Crippen molar-refractivity contribution in [3.63, 3.8) is 0 Å². The average Bonchev–Trinajstić information content (AvgIpc) is 3.30. The van der Waals surface area contributed by atoms with Gasteiger partial charge >= 0.3 is 0 Å². The van der Waals surface area contributed by atoms with Gasteiger partial charge in [0.25, 0.3) is 0 Å². The third-order valence-electron chi connectivity index (χ3n) is 5.55. The second-order valence-electron chi connectivity index (χ2n) is 7.78. The summed E-state index contributed by atoms with van der Waals surface area (Å²) in [6.45, 7) is 0. The molecule has 1 heterocycles. The largest absolute Gasteiger partial charge is 0.342 e. The van der Waals surface area contributed by atoms with Gasteiger partial charge in [0.05, 0.1) is 6.07 Å². The number of hydrogen-bond acceptors (Lipinski definition) is 5. The normalized spacial score (nSPS) is 21.9. The molecule has 7 heteroatoms. The van der Waals surface area contributed by atoms with Gasteiger partial charge in [-0.2, -0.15) is 5.26 Å². The molecule has 1 amide bonds. The summed E-state index contributed by atoms with van der Waals surface area (Å²) < 4.78 is 0. The number of nitriles is 1. The number of hydrogen-bond donors (Lipinski definition) is 2. The van der Waals surface area contributed by atoms with E-state index < -0.39 is 12.0 Å². The third kappa shape index (κ3) is 5.49. The number of aromatic amines is 1. The molecule has 2 aliphatic rings. The van der Waals surface area contributed by atoms with Gasteiger partial charge in [0.1, 0.15) is 11.8 Å². The van der Waals surface area contributed by atoms with Crippen molar-refractivity contribution in [3.8, 4) is 6.07 Å². The lowest BCUT2D eigenvalue weighted by Crippen LogP contribution is -2.41. The zero-order valence-electron chi connectivity index (χ0n) is 15.4. The molecule has 3 atom stereocenters. The molecule has 0 spiro atoms. The molecular weight excluding hydrogens is 344 g/mol. The summed E-state index contributed by atoms with van der Waals surface area (Å²) in [5.41, 5.74) is 0. The Morgan fingerprint density at radius 2 is 2.11 bits per heavy atom. The Morgan fingerprint density at radius 3 is 2.74 bits per heavy atom.